The predicted molar refractivity (Wildman–Crippen MR) is 242 cm³/mol. The van der Waals surface area contributed by atoms with E-state index in [-0.39, 0.29) is 75.0 Å². The topological polar surface area (TPSA) is 193 Å². The lowest BCUT2D eigenvalue weighted by Gasteiger charge is -2.34. The van der Waals surface area contributed by atoms with Crippen LogP contribution in [-0.2, 0) is 57.4 Å². The van der Waals surface area contributed by atoms with Gasteiger partial charge >= 0.3 is 18.2 Å². The van der Waals surface area contributed by atoms with Gasteiger partial charge in [0.2, 0.25) is 17.7 Å². The highest BCUT2D eigenvalue weighted by atomic mass is 19.4. The third kappa shape index (κ3) is 15.2. The Morgan fingerprint density at radius 3 is 2.06 bits per heavy atom. The summed E-state index contributed by atoms with van der Waals surface area (Å²) in [5.41, 5.74) is -3.77. The van der Waals surface area contributed by atoms with Gasteiger partial charge < -0.3 is 35.2 Å². The molecule has 380 valence electrons. The van der Waals surface area contributed by atoms with Crippen molar-refractivity contribution in [3.05, 3.63) is 70.8 Å². The molecule has 0 bridgehead atoms. The van der Waals surface area contributed by atoms with Gasteiger partial charge in [-0.3, -0.25) is 34.1 Å². The number of amides is 4. The summed E-state index contributed by atoms with van der Waals surface area (Å²) in [7, 11) is 3.07. The first-order valence-electron chi connectivity index (χ1n) is 23.6. The fourth-order valence-electron chi connectivity index (χ4n) is 9.44. The normalized spacial score (nSPS) is 18.5. The number of halogens is 5. The highest BCUT2D eigenvalue weighted by Gasteiger charge is 2.46. The van der Waals surface area contributed by atoms with Crippen LogP contribution >= 0.6 is 0 Å². The Bertz CT molecular complexity index is 2130. The first-order chi connectivity index (χ1) is 32.5. The number of alkyl carbamates (subject to hydrolysis) is 1. The Hall–Kier alpha value is -5.50. The summed E-state index contributed by atoms with van der Waals surface area (Å²) < 4.78 is 79.7. The van der Waals surface area contributed by atoms with Crippen molar-refractivity contribution >= 4 is 41.4 Å². The van der Waals surface area contributed by atoms with E-state index in [1.54, 1.807) is 51.1 Å². The molecular formula is C49H65F5N6O9. The number of rotatable bonds is 21. The molecule has 3 fully saturated rings. The molecule has 2 aliphatic carbocycles. The molecule has 0 spiro atoms. The van der Waals surface area contributed by atoms with Gasteiger partial charge in [-0.15, -0.1) is 0 Å². The zero-order valence-corrected chi connectivity index (χ0v) is 39.9. The number of alkyl halides is 3. The van der Waals surface area contributed by atoms with Crippen molar-refractivity contribution in [2.24, 2.45) is 5.92 Å². The van der Waals surface area contributed by atoms with E-state index in [1.807, 2.05) is 0 Å². The molecule has 5 rings (SSSR count). The number of benzene rings is 2. The lowest BCUT2D eigenvalue weighted by molar-refractivity contribution is -0.157. The first-order valence-corrected chi connectivity index (χ1v) is 23.6. The summed E-state index contributed by atoms with van der Waals surface area (Å²) in [4.78, 5) is 98.3. The summed E-state index contributed by atoms with van der Waals surface area (Å²) in [6.45, 7) is 4.45. The number of carbonyl (C=O) groups excluding carboxylic acids is 7. The minimum atomic E-state index is -5.29. The standard InChI is InChI=1S/C49H65F5N6O9/c1-47(2,3)69-40(63)26-36(44(65)59(4)5)55-27-38(61)42(32-16-9-10-17-32)56-28-39(62)48(21-11-12-22-48)58-43(64)37-18-13-23-60(37)45(66)35(57-46(67)68-29-30-14-7-6-8-15-30)20-19-31-24-33(50)41(34(51)25-31)49(52,53)54/h6-8,14-15,24-25,32,35-37,42,55-56H,9-13,16-23,26-29H2,1-5H3,(H,57,67)(H,58,64)/t35-,36-,37-,42-/m0/s1. The van der Waals surface area contributed by atoms with Crippen LogP contribution in [0.4, 0.5) is 26.7 Å². The molecule has 4 amide bonds. The van der Waals surface area contributed by atoms with Crippen LogP contribution in [0.15, 0.2) is 42.5 Å². The van der Waals surface area contributed by atoms with Crippen LogP contribution in [0.3, 0.4) is 0 Å². The van der Waals surface area contributed by atoms with Crippen molar-refractivity contribution in [1.29, 1.82) is 0 Å². The third-order valence-corrected chi connectivity index (χ3v) is 12.9. The molecule has 1 heterocycles. The number of aryl methyl sites for hydroxylation is 1. The monoisotopic (exact) mass is 976 g/mol. The van der Waals surface area contributed by atoms with Crippen LogP contribution < -0.4 is 21.3 Å². The highest BCUT2D eigenvalue weighted by Crippen LogP contribution is 2.35. The number of nitrogens with one attached hydrogen (secondary N) is 4. The number of likely N-dealkylation sites (N-methyl/N-ethyl adjacent to an activating group) is 1. The molecular weight excluding hydrogens is 912 g/mol. The molecule has 2 saturated carbocycles. The number of Topliss-reactive ketones (excluding diaryl/α,β-unsaturated/α-hetero) is 2. The predicted octanol–water partition coefficient (Wildman–Crippen LogP) is 5.70. The quantitative estimate of drug-likeness (QED) is 0.0887. The molecule has 0 unspecified atom stereocenters. The third-order valence-electron chi connectivity index (χ3n) is 12.9. The Labute approximate surface area is 399 Å². The number of hydrogen-bond donors (Lipinski definition) is 4. The average Bonchev–Trinajstić information content (AvgIpc) is 4.08. The molecule has 69 heavy (non-hydrogen) atoms. The molecule has 20 heteroatoms. The molecule has 0 radical (unpaired) electrons. The lowest BCUT2D eigenvalue weighted by Crippen LogP contribution is -2.61. The zero-order chi connectivity index (χ0) is 50.7. The second kappa shape index (κ2) is 23.9. The van der Waals surface area contributed by atoms with E-state index in [0.717, 1.165) is 25.7 Å². The maximum Gasteiger partial charge on any atom is 0.422 e. The molecule has 4 N–H and O–H groups in total. The largest absolute Gasteiger partial charge is 0.460 e. The van der Waals surface area contributed by atoms with Gasteiger partial charge in [0.15, 0.2) is 11.6 Å². The molecule has 1 aliphatic heterocycles. The van der Waals surface area contributed by atoms with Gasteiger partial charge in [0.25, 0.3) is 0 Å². The van der Waals surface area contributed by atoms with Crippen LogP contribution in [-0.4, -0.2) is 120 Å². The van der Waals surface area contributed by atoms with Crippen molar-refractivity contribution in [2.45, 2.75) is 152 Å². The fourth-order valence-corrected chi connectivity index (χ4v) is 9.44. The first kappa shape index (κ1) is 54.4. The maximum absolute atomic E-state index is 14.5. The zero-order valence-electron chi connectivity index (χ0n) is 39.9. The summed E-state index contributed by atoms with van der Waals surface area (Å²) in [6.07, 6.45) is -1.75. The van der Waals surface area contributed by atoms with Gasteiger partial charge in [-0.25, -0.2) is 13.6 Å². The van der Waals surface area contributed by atoms with E-state index in [0.29, 0.717) is 49.8 Å². The second-order valence-electron chi connectivity index (χ2n) is 19.4. The maximum atomic E-state index is 14.5. The molecule has 2 aromatic carbocycles. The molecule has 3 aliphatic rings. The van der Waals surface area contributed by atoms with E-state index >= 15 is 0 Å². The molecule has 15 nitrogen and oxygen atoms in total. The fraction of sp³-hybridized carbons (Fsp3) is 0.612. The smallest absolute Gasteiger partial charge is 0.422 e. The average molecular weight is 977 g/mol. The number of ether oxygens (including phenoxy) is 2. The van der Waals surface area contributed by atoms with Gasteiger partial charge in [-0.2, -0.15) is 13.2 Å². The van der Waals surface area contributed by atoms with Gasteiger partial charge in [-0.1, -0.05) is 56.0 Å². The van der Waals surface area contributed by atoms with Crippen LogP contribution in [0.2, 0.25) is 0 Å². The van der Waals surface area contributed by atoms with Crippen molar-refractivity contribution in [1.82, 2.24) is 31.1 Å². The Balaban J connectivity index is 1.28. The summed E-state index contributed by atoms with van der Waals surface area (Å²) in [5, 5.41) is 11.6. The highest BCUT2D eigenvalue weighted by molar-refractivity contribution is 5.98. The second-order valence-corrected chi connectivity index (χ2v) is 19.4. The van der Waals surface area contributed by atoms with E-state index < -0.39 is 88.5 Å². The van der Waals surface area contributed by atoms with E-state index in [1.165, 1.54) is 23.9 Å². The minimum Gasteiger partial charge on any atom is -0.460 e. The number of carbonyl (C=O) groups is 7. The van der Waals surface area contributed by atoms with E-state index in [9.17, 15) is 55.5 Å². The molecule has 1 saturated heterocycles. The van der Waals surface area contributed by atoms with Gasteiger partial charge in [0, 0.05) is 20.6 Å². The summed E-state index contributed by atoms with van der Waals surface area (Å²) in [6, 6.07) is 5.27. The lowest BCUT2D eigenvalue weighted by atomic mass is 9.89. The van der Waals surface area contributed by atoms with Gasteiger partial charge in [0.1, 0.15) is 41.5 Å². The van der Waals surface area contributed by atoms with Crippen LogP contribution in [0.25, 0.3) is 0 Å². The van der Waals surface area contributed by atoms with E-state index in [2.05, 4.69) is 21.3 Å². The van der Waals surface area contributed by atoms with Crippen molar-refractivity contribution < 1.29 is 65.0 Å². The summed E-state index contributed by atoms with van der Waals surface area (Å²) in [5.74, 6) is -6.87. The minimum absolute atomic E-state index is 0.0676. The van der Waals surface area contributed by atoms with Crippen LogP contribution in [0.5, 0.6) is 0 Å². The molecule has 0 aromatic heterocycles. The Morgan fingerprint density at radius 1 is 0.826 bits per heavy atom. The Kier molecular flexibility index (Phi) is 18.8. The van der Waals surface area contributed by atoms with Crippen LogP contribution in [0, 0.1) is 17.6 Å². The number of likely N-dealkylation sites (tertiary alicyclic amines) is 1. The number of nitrogens with zero attached hydrogens (tertiary/aromatic N) is 2. The van der Waals surface area contributed by atoms with Crippen LogP contribution in [0.1, 0.15) is 115 Å². The molecule has 2 aromatic rings. The van der Waals surface area contributed by atoms with Crippen molar-refractivity contribution in [3.8, 4) is 0 Å². The molecule has 4 atom stereocenters. The summed E-state index contributed by atoms with van der Waals surface area (Å²) >= 11 is 0. The van der Waals surface area contributed by atoms with Crippen molar-refractivity contribution in [3.63, 3.8) is 0 Å². The Morgan fingerprint density at radius 2 is 1.46 bits per heavy atom. The van der Waals surface area contributed by atoms with Gasteiger partial charge in [-0.05, 0) is 101 Å². The van der Waals surface area contributed by atoms with Gasteiger partial charge in [0.05, 0.1) is 37.1 Å². The SMILES string of the molecule is CN(C)C(=O)[C@H](CC(=O)OC(C)(C)C)NCC(=O)[C@@H](NCC(=O)C1(NC(=O)[C@@H]2CCCN2C(=O)[C@H](CCc2cc(F)c(C(F)(F)F)c(F)c2)NC(=O)OCc2ccccc2)CCCC1)C1CCCC1. The number of ketones is 2. The van der Waals surface area contributed by atoms with E-state index in [4.69, 9.17) is 9.47 Å². The number of hydrogen-bond acceptors (Lipinski definition) is 11. The van der Waals surface area contributed by atoms with Crippen molar-refractivity contribution in [2.75, 3.05) is 33.7 Å². The number of esters is 1.